The second kappa shape index (κ2) is 12.0. The molecule has 172 valence electrons. The Bertz CT molecular complexity index is 1080. The summed E-state index contributed by atoms with van der Waals surface area (Å²) in [6.07, 6.45) is 4.69. The Kier molecular flexibility index (Phi) is 8.53. The summed E-state index contributed by atoms with van der Waals surface area (Å²) >= 11 is 0. The van der Waals surface area contributed by atoms with Crippen LogP contribution >= 0.6 is 0 Å². The summed E-state index contributed by atoms with van der Waals surface area (Å²) in [5.74, 6) is 1.69. The van der Waals surface area contributed by atoms with Gasteiger partial charge in [0.05, 0.1) is 26.0 Å². The molecule has 8 nitrogen and oxygen atoms in total. The average molecular weight is 450 g/mol. The monoisotopic (exact) mass is 449 g/mol. The zero-order valence-corrected chi connectivity index (χ0v) is 18.6. The summed E-state index contributed by atoms with van der Waals surface area (Å²) in [5.41, 5.74) is 2.02. The number of urea groups is 1. The van der Waals surface area contributed by atoms with Crippen LogP contribution in [0.25, 0.3) is 6.08 Å². The van der Waals surface area contributed by atoms with E-state index in [9.17, 15) is 9.59 Å². The number of benzene rings is 2. The highest BCUT2D eigenvalue weighted by molar-refractivity contribution is 6.02. The maximum Gasteiger partial charge on any atom is 0.319 e. The maximum atomic E-state index is 12.3. The molecule has 3 rings (SSSR count). The molecule has 0 aliphatic rings. The molecule has 0 unspecified atom stereocenters. The zero-order chi connectivity index (χ0) is 23.5. The fraction of sp³-hybridized carbons (Fsp3) is 0.200. The second-order valence-electron chi connectivity index (χ2n) is 6.86. The summed E-state index contributed by atoms with van der Waals surface area (Å²) in [5, 5.41) is 8.20. The number of amides is 3. The van der Waals surface area contributed by atoms with Crippen LogP contribution in [0, 0.1) is 0 Å². The predicted molar refractivity (Wildman–Crippen MR) is 127 cm³/mol. The van der Waals surface area contributed by atoms with Crippen molar-refractivity contribution in [3.05, 3.63) is 78.3 Å². The number of furan rings is 1. The Balaban J connectivity index is 1.51. The molecular formula is C25H27N3O5. The minimum Gasteiger partial charge on any atom is -0.490 e. The minimum atomic E-state index is -0.354. The van der Waals surface area contributed by atoms with E-state index < -0.39 is 0 Å². The van der Waals surface area contributed by atoms with Crippen molar-refractivity contribution in [1.29, 1.82) is 0 Å². The largest absolute Gasteiger partial charge is 0.490 e. The van der Waals surface area contributed by atoms with Crippen LogP contribution in [0.4, 0.5) is 16.2 Å². The number of ether oxygens (including phenoxy) is 2. The Morgan fingerprint density at radius 2 is 1.61 bits per heavy atom. The molecule has 0 spiro atoms. The van der Waals surface area contributed by atoms with E-state index in [0.717, 1.165) is 5.56 Å². The molecule has 8 heteroatoms. The molecule has 33 heavy (non-hydrogen) atoms. The molecule has 0 atom stereocenters. The molecule has 3 N–H and O–H groups in total. The minimum absolute atomic E-state index is 0.279. The number of nitrogens with one attached hydrogen (secondary N) is 3. The van der Waals surface area contributed by atoms with E-state index in [4.69, 9.17) is 13.9 Å². The van der Waals surface area contributed by atoms with Crippen LogP contribution in [-0.4, -0.2) is 25.2 Å². The number of hydrogen-bond acceptors (Lipinski definition) is 5. The fourth-order valence-corrected chi connectivity index (χ4v) is 2.92. The highest BCUT2D eigenvalue weighted by Gasteiger charge is 2.06. The molecule has 0 saturated heterocycles. The first kappa shape index (κ1) is 23.5. The molecule has 0 bridgehead atoms. The molecule has 3 aromatic rings. The predicted octanol–water partition coefficient (Wildman–Crippen LogP) is 5.05. The summed E-state index contributed by atoms with van der Waals surface area (Å²) in [7, 11) is 0. The molecule has 3 amide bonds. The molecular weight excluding hydrogens is 422 g/mol. The lowest BCUT2D eigenvalue weighted by atomic mass is 10.2. The van der Waals surface area contributed by atoms with Gasteiger partial charge in [0.25, 0.3) is 0 Å². The normalized spacial score (nSPS) is 10.6. The molecule has 2 aromatic carbocycles. The van der Waals surface area contributed by atoms with Gasteiger partial charge in [-0.15, -0.1) is 0 Å². The lowest BCUT2D eigenvalue weighted by molar-refractivity contribution is -0.111. The first-order valence-electron chi connectivity index (χ1n) is 10.6. The third-order valence-corrected chi connectivity index (χ3v) is 4.41. The van der Waals surface area contributed by atoms with Crippen LogP contribution in [-0.2, 0) is 11.3 Å². The first-order valence-corrected chi connectivity index (χ1v) is 10.6. The van der Waals surface area contributed by atoms with Crippen LogP contribution in [0.15, 0.2) is 71.4 Å². The van der Waals surface area contributed by atoms with Gasteiger partial charge < -0.3 is 29.8 Å². The van der Waals surface area contributed by atoms with E-state index in [0.29, 0.717) is 48.4 Å². The summed E-state index contributed by atoms with van der Waals surface area (Å²) in [4.78, 5) is 24.2. The molecule has 0 aliphatic heterocycles. The molecule has 1 heterocycles. The first-order chi connectivity index (χ1) is 16.1. The zero-order valence-electron chi connectivity index (χ0n) is 18.6. The fourth-order valence-electron chi connectivity index (χ4n) is 2.92. The van der Waals surface area contributed by atoms with Gasteiger partial charge in [-0.05, 0) is 74.0 Å². The molecule has 0 radical (unpaired) electrons. The highest BCUT2D eigenvalue weighted by Crippen LogP contribution is 2.29. The highest BCUT2D eigenvalue weighted by atomic mass is 16.5. The van der Waals surface area contributed by atoms with E-state index in [1.54, 1.807) is 48.7 Å². The van der Waals surface area contributed by atoms with E-state index in [-0.39, 0.29) is 11.9 Å². The van der Waals surface area contributed by atoms with Gasteiger partial charge in [-0.1, -0.05) is 6.07 Å². The van der Waals surface area contributed by atoms with E-state index >= 15 is 0 Å². The van der Waals surface area contributed by atoms with Crippen LogP contribution in [0.3, 0.4) is 0 Å². The van der Waals surface area contributed by atoms with Crippen molar-refractivity contribution in [2.75, 3.05) is 23.8 Å². The summed E-state index contributed by atoms with van der Waals surface area (Å²) in [6, 6.07) is 15.5. The molecule has 0 aliphatic carbocycles. The quantitative estimate of drug-likeness (QED) is 0.376. The Hall–Kier alpha value is -4.20. The van der Waals surface area contributed by atoms with E-state index in [2.05, 4.69) is 16.0 Å². The van der Waals surface area contributed by atoms with Crippen molar-refractivity contribution < 1.29 is 23.5 Å². The topological polar surface area (TPSA) is 102 Å². The molecule has 1 aromatic heterocycles. The van der Waals surface area contributed by atoms with Crippen molar-refractivity contribution in [3.8, 4) is 11.5 Å². The van der Waals surface area contributed by atoms with Crippen LogP contribution in [0.5, 0.6) is 11.5 Å². The summed E-state index contributed by atoms with van der Waals surface area (Å²) < 4.78 is 16.3. The van der Waals surface area contributed by atoms with Crippen LogP contribution < -0.4 is 25.4 Å². The summed E-state index contributed by atoms with van der Waals surface area (Å²) in [6.45, 7) is 5.17. The van der Waals surface area contributed by atoms with Gasteiger partial charge in [-0.3, -0.25) is 4.79 Å². The third-order valence-electron chi connectivity index (χ3n) is 4.41. The SMILES string of the molecule is CCOc1ccc(/C=C/C(=O)Nc2ccc(NC(=O)NCc3ccco3)cc2)cc1OCC. The number of hydrogen-bond donors (Lipinski definition) is 3. The van der Waals surface area contributed by atoms with Gasteiger partial charge >= 0.3 is 6.03 Å². The number of carbonyl (C=O) groups is 2. The Morgan fingerprint density at radius 1 is 0.909 bits per heavy atom. The maximum absolute atomic E-state index is 12.3. The second-order valence-corrected chi connectivity index (χ2v) is 6.86. The molecule has 0 fully saturated rings. The van der Waals surface area contributed by atoms with Crippen molar-refractivity contribution in [1.82, 2.24) is 5.32 Å². The van der Waals surface area contributed by atoms with Crippen molar-refractivity contribution in [2.45, 2.75) is 20.4 Å². The molecule has 0 saturated carbocycles. The van der Waals surface area contributed by atoms with Gasteiger partial charge in [0.1, 0.15) is 5.76 Å². The van der Waals surface area contributed by atoms with Crippen molar-refractivity contribution in [3.63, 3.8) is 0 Å². The lowest BCUT2D eigenvalue weighted by Crippen LogP contribution is -2.27. The van der Waals surface area contributed by atoms with E-state index in [1.165, 1.54) is 6.08 Å². The van der Waals surface area contributed by atoms with E-state index in [1.807, 2.05) is 32.0 Å². The van der Waals surface area contributed by atoms with Crippen LogP contribution in [0.1, 0.15) is 25.2 Å². The van der Waals surface area contributed by atoms with Gasteiger partial charge in [0.15, 0.2) is 11.5 Å². The smallest absolute Gasteiger partial charge is 0.319 e. The Labute approximate surface area is 192 Å². The van der Waals surface area contributed by atoms with Crippen molar-refractivity contribution >= 4 is 29.4 Å². The standard InChI is InChI=1S/C25H27N3O5/c1-3-31-22-13-7-18(16-23(22)32-4-2)8-14-24(29)27-19-9-11-20(12-10-19)28-25(30)26-17-21-6-5-15-33-21/h5-16H,3-4,17H2,1-2H3,(H,27,29)(H2,26,28,30)/b14-8+. The van der Waals surface area contributed by atoms with Gasteiger partial charge in [-0.2, -0.15) is 0 Å². The van der Waals surface area contributed by atoms with Gasteiger partial charge in [0, 0.05) is 17.5 Å². The number of rotatable bonds is 10. The lowest BCUT2D eigenvalue weighted by Gasteiger charge is -2.11. The van der Waals surface area contributed by atoms with Crippen LogP contribution in [0.2, 0.25) is 0 Å². The Morgan fingerprint density at radius 3 is 2.27 bits per heavy atom. The van der Waals surface area contributed by atoms with Gasteiger partial charge in [0.2, 0.25) is 5.91 Å². The number of carbonyl (C=O) groups excluding carboxylic acids is 2. The number of anilines is 2. The van der Waals surface area contributed by atoms with Gasteiger partial charge in [-0.25, -0.2) is 4.79 Å². The van der Waals surface area contributed by atoms with Crippen molar-refractivity contribution in [2.24, 2.45) is 0 Å². The third kappa shape index (κ3) is 7.46. The average Bonchev–Trinajstić information content (AvgIpc) is 3.33.